The summed E-state index contributed by atoms with van der Waals surface area (Å²) < 4.78 is 0. The molecule has 6 heteroatoms. The molecule has 3 N–H and O–H groups in total. The molecule has 1 aromatic heterocycles. The smallest absolute Gasteiger partial charge is 0.293 e. The summed E-state index contributed by atoms with van der Waals surface area (Å²) in [6, 6.07) is 8.84. The minimum Gasteiger partial charge on any atom is -0.370 e. The number of primary amides is 1. The zero-order chi connectivity index (χ0) is 14.4. The maximum absolute atomic E-state index is 11.8. The Balaban J connectivity index is 1.97. The van der Waals surface area contributed by atoms with Crippen molar-refractivity contribution < 1.29 is 9.59 Å². The molecular formula is C14H14N4O2. The molecule has 1 aromatic carbocycles. The molecular weight excluding hydrogens is 256 g/mol. The summed E-state index contributed by atoms with van der Waals surface area (Å²) in [5.74, 6) is -0.579. The average molecular weight is 270 g/mol. The normalized spacial score (nSPS) is 10.0. The average Bonchev–Trinajstić information content (AvgIpc) is 2.47. The zero-order valence-corrected chi connectivity index (χ0v) is 10.7. The van der Waals surface area contributed by atoms with Crippen LogP contribution in [0.15, 0.2) is 42.7 Å². The fraction of sp³-hybridized carbons (Fsp3) is 0.143. The van der Waals surface area contributed by atoms with Gasteiger partial charge in [0.1, 0.15) is 0 Å². The van der Waals surface area contributed by atoms with Crippen LogP contribution < -0.4 is 11.1 Å². The van der Waals surface area contributed by atoms with E-state index in [1.165, 1.54) is 12.4 Å². The molecule has 0 fully saturated rings. The molecule has 102 valence electrons. The third-order valence-corrected chi connectivity index (χ3v) is 2.64. The van der Waals surface area contributed by atoms with Crippen LogP contribution in [0.3, 0.4) is 0 Å². The second-order valence-corrected chi connectivity index (χ2v) is 4.19. The van der Waals surface area contributed by atoms with Gasteiger partial charge in [-0.15, -0.1) is 0 Å². The van der Waals surface area contributed by atoms with E-state index in [9.17, 15) is 9.59 Å². The first kappa shape index (κ1) is 13.7. The van der Waals surface area contributed by atoms with Gasteiger partial charge in [0.2, 0.25) is 11.7 Å². The number of nitrogens with two attached hydrogens (primary N) is 1. The first-order chi connectivity index (χ1) is 9.65. The van der Waals surface area contributed by atoms with Crippen molar-refractivity contribution >= 4 is 17.5 Å². The zero-order valence-electron chi connectivity index (χ0n) is 10.7. The third-order valence-electron chi connectivity index (χ3n) is 2.64. The van der Waals surface area contributed by atoms with Gasteiger partial charge in [-0.2, -0.15) is 0 Å². The fourth-order valence-corrected chi connectivity index (χ4v) is 1.63. The van der Waals surface area contributed by atoms with Crippen molar-refractivity contribution in [2.75, 3.05) is 5.32 Å². The molecule has 0 radical (unpaired) electrons. The van der Waals surface area contributed by atoms with Crippen molar-refractivity contribution in [3.8, 4) is 0 Å². The van der Waals surface area contributed by atoms with E-state index in [2.05, 4.69) is 15.3 Å². The summed E-state index contributed by atoms with van der Waals surface area (Å²) in [6.45, 7) is 0. The standard InChI is InChI=1S/C14H14N4O2/c15-12(19)7-4-10-2-5-11(6-3-10)18-14(20)13-16-8-1-9-17-13/h1-3,5-6,8-9H,4,7H2,(H2,15,19)(H,18,20). The summed E-state index contributed by atoms with van der Waals surface area (Å²) in [5, 5.41) is 2.69. The molecule has 1 heterocycles. The number of aryl methyl sites for hydroxylation is 1. The van der Waals surface area contributed by atoms with Gasteiger partial charge in [-0.3, -0.25) is 9.59 Å². The van der Waals surface area contributed by atoms with Gasteiger partial charge in [0.25, 0.3) is 5.91 Å². The van der Waals surface area contributed by atoms with Crippen LogP contribution in [0.4, 0.5) is 5.69 Å². The van der Waals surface area contributed by atoms with Crippen LogP contribution in [-0.4, -0.2) is 21.8 Å². The van der Waals surface area contributed by atoms with E-state index in [0.29, 0.717) is 18.5 Å². The van der Waals surface area contributed by atoms with Crippen molar-refractivity contribution in [3.05, 3.63) is 54.1 Å². The maximum Gasteiger partial charge on any atom is 0.293 e. The lowest BCUT2D eigenvalue weighted by atomic mass is 10.1. The van der Waals surface area contributed by atoms with Crippen LogP contribution in [0, 0.1) is 0 Å². The number of anilines is 1. The first-order valence-corrected chi connectivity index (χ1v) is 6.11. The largest absolute Gasteiger partial charge is 0.370 e. The van der Waals surface area contributed by atoms with Crippen LogP contribution in [0.1, 0.15) is 22.6 Å². The highest BCUT2D eigenvalue weighted by atomic mass is 16.2. The molecule has 0 aliphatic rings. The Labute approximate surface area is 116 Å². The van der Waals surface area contributed by atoms with Crippen LogP contribution in [0.2, 0.25) is 0 Å². The number of rotatable bonds is 5. The predicted octanol–water partition coefficient (Wildman–Crippen LogP) is 1.15. The van der Waals surface area contributed by atoms with Crippen LogP contribution >= 0.6 is 0 Å². The number of carbonyl (C=O) groups is 2. The Morgan fingerprint density at radius 1 is 1.10 bits per heavy atom. The lowest BCUT2D eigenvalue weighted by Crippen LogP contribution is -2.15. The molecule has 0 unspecified atom stereocenters. The number of nitrogens with zero attached hydrogens (tertiary/aromatic N) is 2. The molecule has 2 aromatic rings. The number of nitrogens with one attached hydrogen (secondary N) is 1. The highest BCUT2D eigenvalue weighted by molar-refractivity contribution is 6.01. The van der Waals surface area contributed by atoms with Gasteiger partial charge in [0.05, 0.1) is 0 Å². The van der Waals surface area contributed by atoms with Gasteiger partial charge < -0.3 is 11.1 Å². The van der Waals surface area contributed by atoms with Crippen molar-refractivity contribution in [1.82, 2.24) is 9.97 Å². The third kappa shape index (κ3) is 3.88. The Morgan fingerprint density at radius 2 is 1.75 bits per heavy atom. The van der Waals surface area contributed by atoms with Crippen LogP contribution in [0.5, 0.6) is 0 Å². The SMILES string of the molecule is NC(=O)CCc1ccc(NC(=O)c2ncccn2)cc1. The summed E-state index contributed by atoms with van der Waals surface area (Å²) in [5.41, 5.74) is 6.72. The molecule has 0 atom stereocenters. The summed E-state index contributed by atoms with van der Waals surface area (Å²) in [4.78, 5) is 30.2. The molecule has 2 rings (SSSR count). The molecule has 0 aliphatic carbocycles. The highest BCUT2D eigenvalue weighted by Gasteiger charge is 2.08. The van der Waals surface area contributed by atoms with E-state index in [0.717, 1.165) is 5.56 Å². The Bertz CT molecular complexity index is 596. The summed E-state index contributed by atoms with van der Waals surface area (Å²) in [6.07, 6.45) is 3.92. The predicted molar refractivity (Wildman–Crippen MR) is 73.9 cm³/mol. The van der Waals surface area contributed by atoms with Gasteiger partial charge >= 0.3 is 0 Å². The Morgan fingerprint density at radius 3 is 2.35 bits per heavy atom. The van der Waals surface area contributed by atoms with Crippen molar-refractivity contribution in [3.63, 3.8) is 0 Å². The summed E-state index contributed by atoms with van der Waals surface area (Å²) in [7, 11) is 0. The van der Waals surface area contributed by atoms with E-state index in [-0.39, 0.29) is 17.6 Å². The second kappa shape index (κ2) is 6.42. The Hall–Kier alpha value is -2.76. The fourth-order valence-electron chi connectivity index (χ4n) is 1.63. The van der Waals surface area contributed by atoms with E-state index < -0.39 is 0 Å². The molecule has 0 saturated carbocycles. The quantitative estimate of drug-likeness (QED) is 0.851. The number of aromatic nitrogens is 2. The monoisotopic (exact) mass is 270 g/mol. The van der Waals surface area contributed by atoms with Crippen molar-refractivity contribution in [1.29, 1.82) is 0 Å². The highest BCUT2D eigenvalue weighted by Crippen LogP contribution is 2.11. The van der Waals surface area contributed by atoms with Gasteiger partial charge in [-0.25, -0.2) is 9.97 Å². The van der Waals surface area contributed by atoms with Gasteiger partial charge in [-0.1, -0.05) is 12.1 Å². The minimum absolute atomic E-state index is 0.116. The Kier molecular flexibility index (Phi) is 4.39. The molecule has 0 aliphatic heterocycles. The van der Waals surface area contributed by atoms with Gasteiger partial charge in [0, 0.05) is 24.5 Å². The number of hydrogen-bond donors (Lipinski definition) is 2. The number of hydrogen-bond acceptors (Lipinski definition) is 4. The van der Waals surface area contributed by atoms with Crippen molar-refractivity contribution in [2.24, 2.45) is 5.73 Å². The van der Waals surface area contributed by atoms with Crippen LogP contribution in [0.25, 0.3) is 0 Å². The van der Waals surface area contributed by atoms with E-state index in [1.54, 1.807) is 18.2 Å². The van der Waals surface area contributed by atoms with E-state index in [1.807, 2.05) is 12.1 Å². The van der Waals surface area contributed by atoms with Gasteiger partial charge in [0.15, 0.2) is 0 Å². The number of benzene rings is 1. The van der Waals surface area contributed by atoms with E-state index in [4.69, 9.17) is 5.73 Å². The number of carbonyl (C=O) groups excluding carboxylic acids is 2. The first-order valence-electron chi connectivity index (χ1n) is 6.11. The molecule has 0 saturated heterocycles. The van der Waals surface area contributed by atoms with Crippen LogP contribution in [-0.2, 0) is 11.2 Å². The van der Waals surface area contributed by atoms with E-state index >= 15 is 0 Å². The summed E-state index contributed by atoms with van der Waals surface area (Å²) >= 11 is 0. The molecule has 6 nitrogen and oxygen atoms in total. The van der Waals surface area contributed by atoms with Gasteiger partial charge in [-0.05, 0) is 30.2 Å². The molecule has 0 bridgehead atoms. The maximum atomic E-state index is 11.8. The minimum atomic E-state index is -0.365. The topological polar surface area (TPSA) is 98.0 Å². The van der Waals surface area contributed by atoms with Crippen molar-refractivity contribution in [2.45, 2.75) is 12.8 Å². The molecule has 20 heavy (non-hydrogen) atoms. The lowest BCUT2D eigenvalue weighted by molar-refractivity contribution is -0.117. The number of amides is 2. The lowest BCUT2D eigenvalue weighted by Gasteiger charge is -2.05. The molecule has 0 spiro atoms. The second-order valence-electron chi connectivity index (χ2n) is 4.19. The molecule has 2 amide bonds.